The van der Waals surface area contributed by atoms with E-state index in [0.29, 0.717) is 35.1 Å². The number of rotatable bonds is 6. The molecule has 5 nitrogen and oxygen atoms in total. The molecule has 0 atom stereocenters. The second-order valence-corrected chi connectivity index (χ2v) is 5.07. The van der Waals surface area contributed by atoms with Crippen molar-refractivity contribution in [2.24, 2.45) is 0 Å². The molecule has 0 unspecified atom stereocenters. The minimum atomic E-state index is -0.223. The van der Waals surface area contributed by atoms with Crippen molar-refractivity contribution in [3.05, 3.63) is 53.1 Å². The summed E-state index contributed by atoms with van der Waals surface area (Å²) < 4.78 is 4.92. The van der Waals surface area contributed by atoms with Gasteiger partial charge in [0.2, 0.25) is 0 Å². The molecule has 6 heteroatoms. The summed E-state index contributed by atoms with van der Waals surface area (Å²) in [6, 6.07) is 12.4. The van der Waals surface area contributed by atoms with Gasteiger partial charge >= 0.3 is 0 Å². The van der Waals surface area contributed by atoms with E-state index >= 15 is 0 Å². The second-order valence-electron chi connectivity index (χ2n) is 4.66. The lowest BCUT2D eigenvalue weighted by Gasteiger charge is -2.14. The molecule has 4 N–H and O–H groups in total. The minimum Gasteiger partial charge on any atom is -0.399 e. The van der Waals surface area contributed by atoms with Gasteiger partial charge in [-0.2, -0.15) is 0 Å². The van der Waals surface area contributed by atoms with E-state index in [1.165, 1.54) is 0 Å². The molecule has 2 aromatic carbocycles. The second kappa shape index (κ2) is 7.68. The summed E-state index contributed by atoms with van der Waals surface area (Å²) in [6.07, 6.45) is 0. The number of methoxy groups -OCH3 is 1. The van der Waals surface area contributed by atoms with Crippen LogP contribution >= 0.6 is 11.6 Å². The zero-order chi connectivity index (χ0) is 15.9. The molecule has 0 saturated heterocycles. The molecular weight excluding hydrogens is 302 g/mol. The van der Waals surface area contributed by atoms with Crippen LogP contribution in [0.5, 0.6) is 0 Å². The Labute approximate surface area is 134 Å². The van der Waals surface area contributed by atoms with Gasteiger partial charge in [-0.15, -0.1) is 0 Å². The summed E-state index contributed by atoms with van der Waals surface area (Å²) in [5, 5.41) is 6.51. The van der Waals surface area contributed by atoms with Crippen LogP contribution in [0, 0.1) is 0 Å². The van der Waals surface area contributed by atoms with Crippen LogP contribution in [0.3, 0.4) is 0 Å². The van der Waals surface area contributed by atoms with Gasteiger partial charge in [0.05, 0.1) is 28.6 Å². The molecule has 0 spiro atoms. The molecule has 0 aliphatic rings. The molecule has 0 fully saturated rings. The number of nitrogens with one attached hydrogen (secondary N) is 2. The topological polar surface area (TPSA) is 76.4 Å². The smallest absolute Gasteiger partial charge is 0.253 e. The number of carbonyl (C=O) groups is 1. The number of hydrogen-bond donors (Lipinski definition) is 3. The van der Waals surface area contributed by atoms with E-state index in [2.05, 4.69) is 10.6 Å². The van der Waals surface area contributed by atoms with Crippen LogP contribution in [0.4, 0.5) is 17.1 Å². The number of amides is 1. The van der Waals surface area contributed by atoms with Crippen molar-refractivity contribution in [3.8, 4) is 0 Å². The molecule has 22 heavy (non-hydrogen) atoms. The Balaban J connectivity index is 2.24. The molecule has 1 amide bonds. The summed E-state index contributed by atoms with van der Waals surface area (Å²) >= 11 is 6.14. The van der Waals surface area contributed by atoms with Crippen molar-refractivity contribution in [2.45, 2.75) is 0 Å². The quantitative estimate of drug-likeness (QED) is 0.565. The molecular formula is C16H18ClN3O2. The number of nitrogen functional groups attached to an aromatic ring is 1. The molecule has 0 saturated carbocycles. The van der Waals surface area contributed by atoms with Crippen LogP contribution in [0.1, 0.15) is 10.4 Å². The van der Waals surface area contributed by atoms with Gasteiger partial charge in [0.25, 0.3) is 5.91 Å². The Morgan fingerprint density at radius 1 is 1.23 bits per heavy atom. The van der Waals surface area contributed by atoms with E-state index in [0.717, 1.165) is 5.69 Å². The molecule has 2 rings (SSSR count). The van der Waals surface area contributed by atoms with Crippen molar-refractivity contribution < 1.29 is 9.53 Å². The lowest BCUT2D eigenvalue weighted by molar-refractivity contribution is 0.0938. The number of hydrogen-bond acceptors (Lipinski definition) is 4. The molecule has 0 radical (unpaired) electrons. The fraction of sp³-hybridized carbons (Fsp3) is 0.188. The number of benzene rings is 2. The van der Waals surface area contributed by atoms with Crippen LogP contribution < -0.4 is 16.4 Å². The van der Waals surface area contributed by atoms with Crippen LogP contribution in [0.25, 0.3) is 0 Å². The highest BCUT2D eigenvalue weighted by atomic mass is 35.5. The molecule has 0 bridgehead atoms. The van der Waals surface area contributed by atoms with Gasteiger partial charge in [-0.3, -0.25) is 4.79 Å². The average molecular weight is 320 g/mol. The van der Waals surface area contributed by atoms with Crippen LogP contribution in [-0.4, -0.2) is 26.2 Å². The van der Waals surface area contributed by atoms with E-state index < -0.39 is 0 Å². The zero-order valence-corrected chi connectivity index (χ0v) is 13.0. The molecule has 2 aromatic rings. The number of nitrogens with two attached hydrogens (primary N) is 1. The first-order chi connectivity index (χ1) is 10.6. The summed E-state index contributed by atoms with van der Waals surface area (Å²) in [7, 11) is 1.58. The highest BCUT2D eigenvalue weighted by Gasteiger charge is 2.12. The van der Waals surface area contributed by atoms with Crippen molar-refractivity contribution in [1.29, 1.82) is 0 Å². The molecule has 0 aliphatic carbocycles. The van der Waals surface area contributed by atoms with E-state index in [4.69, 9.17) is 22.1 Å². The number of anilines is 3. The molecule has 0 heterocycles. The Morgan fingerprint density at radius 3 is 2.73 bits per heavy atom. The van der Waals surface area contributed by atoms with E-state index in [1.807, 2.05) is 18.2 Å². The van der Waals surface area contributed by atoms with Gasteiger partial charge < -0.3 is 21.1 Å². The third-order valence-corrected chi connectivity index (χ3v) is 3.35. The molecule has 0 aromatic heterocycles. The Bertz CT molecular complexity index is 662. The Morgan fingerprint density at radius 2 is 2.00 bits per heavy atom. The van der Waals surface area contributed by atoms with E-state index in [9.17, 15) is 4.79 Å². The highest BCUT2D eigenvalue weighted by Crippen LogP contribution is 2.28. The number of para-hydroxylation sites is 1. The highest BCUT2D eigenvalue weighted by molar-refractivity contribution is 6.33. The fourth-order valence-electron chi connectivity index (χ4n) is 1.93. The summed E-state index contributed by atoms with van der Waals surface area (Å²) in [5.41, 5.74) is 8.11. The fourth-order valence-corrected chi connectivity index (χ4v) is 2.11. The van der Waals surface area contributed by atoms with Gasteiger partial charge in [0.15, 0.2) is 0 Å². The third-order valence-electron chi connectivity index (χ3n) is 3.02. The van der Waals surface area contributed by atoms with Gasteiger partial charge in [-0.1, -0.05) is 23.7 Å². The predicted octanol–water partition coefficient (Wildman–Crippen LogP) is 3.04. The average Bonchev–Trinajstić information content (AvgIpc) is 2.51. The monoisotopic (exact) mass is 319 g/mol. The first-order valence-corrected chi connectivity index (χ1v) is 7.18. The van der Waals surface area contributed by atoms with Crippen LogP contribution in [0.15, 0.2) is 42.5 Å². The van der Waals surface area contributed by atoms with Gasteiger partial charge in [0, 0.05) is 19.3 Å². The van der Waals surface area contributed by atoms with Crippen molar-refractivity contribution in [3.63, 3.8) is 0 Å². The predicted molar refractivity (Wildman–Crippen MR) is 89.8 cm³/mol. The third kappa shape index (κ3) is 4.13. The van der Waals surface area contributed by atoms with Crippen LogP contribution in [-0.2, 0) is 4.74 Å². The normalized spacial score (nSPS) is 10.3. The maximum atomic E-state index is 12.3. The van der Waals surface area contributed by atoms with E-state index in [1.54, 1.807) is 31.4 Å². The van der Waals surface area contributed by atoms with Crippen molar-refractivity contribution in [2.75, 3.05) is 31.3 Å². The Kier molecular flexibility index (Phi) is 5.63. The number of halogens is 1. The SMILES string of the molecule is COCCNC(=O)c1cc(N)ccc1Nc1ccccc1Cl. The largest absolute Gasteiger partial charge is 0.399 e. The standard InChI is InChI=1S/C16H18ClN3O2/c1-22-9-8-19-16(21)12-10-11(18)6-7-14(12)20-15-5-3-2-4-13(15)17/h2-7,10,20H,8-9,18H2,1H3,(H,19,21). The maximum absolute atomic E-state index is 12.3. The summed E-state index contributed by atoms with van der Waals surface area (Å²) in [6.45, 7) is 0.872. The summed E-state index contributed by atoms with van der Waals surface area (Å²) in [4.78, 5) is 12.3. The lowest BCUT2D eigenvalue weighted by Crippen LogP contribution is -2.27. The maximum Gasteiger partial charge on any atom is 0.253 e. The van der Waals surface area contributed by atoms with Crippen LogP contribution in [0.2, 0.25) is 5.02 Å². The minimum absolute atomic E-state index is 0.223. The van der Waals surface area contributed by atoms with E-state index in [-0.39, 0.29) is 5.91 Å². The summed E-state index contributed by atoms with van der Waals surface area (Å²) in [5.74, 6) is -0.223. The van der Waals surface area contributed by atoms with Gasteiger partial charge in [-0.25, -0.2) is 0 Å². The lowest BCUT2D eigenvalue weighted by atomic mass is 10.1. The molecule has 0 aliphatic heterocycles. The zero-order valence-electron chi connectivity index (χ0n) is 12.2. The van der Waals surface area contributed by atoms with Gasteiger partial charge in [0.1, 0.15) is 0 Å². The van der Waals surface area contributed by atoms with Gasteiger partial charge in [-0.05, 0) is 30.3 Å². The molecule has 116 valence electrons. The van der Waals surface area contributed by atoms with Crippen molar-refractivity contribution in [1.82, 2.24) is 5.32 Å². The Hall–Kier alpha value is -2.24. The number of ether oxygens (including phenoxy) is 1. The van der Waals surface area contributed by atoms with Crippen molar-refractivity contribution >= 4 is 34.6 Å². The first-order valence-electron chi connectivity index (χ1n) is 6.80. The number of carbonyl (C=O) groups excluding carboxylic acids is 1. The first kappa shape index (κ1) is 16.1.